The van der Waals surface area contributed by atoms with Gasteiger partial charge in [0.25, 0.3) is 0 Å². The number of carbonyl (C=O) groups is 3. The Labute approximate surface area is 176 Å². The molecule has 2 aromatic carbocycles. The van der Waals surface area contributed by atoms with E-state index in [0.29, 0.717) is 39.0 Å². The van der Waals surface area contributed by atoms with Crippen molar-refractivity contribution in [2.45, 2.75) is 36.1 Å². The van der Waals surface area contributed by atoms with Crippen LogP contribution < -0.4 is 5.32 Å². The van der Waals surface area contributed by atoms with Gasteiger partial charge in [-0.1, -0.05) is 36.0 Å². The van der Waals surface area contributed by atoms with Crippen molar-refractivity contribution in [2.75, 3.05) is 5.32 Å². The molecule has 1 unspecified atom stereocenters. The summed E-state index contributed by atoms with van der Waals surface area (Å²) in [4.78, 5) is 42.6. The van der Waals surface area contributed by atoms with Crippen LogP contribution >= 0.6 is 11.8 Å². The number of hydrogen-bond donors (Lipinski definition) is 2. The summed E-state index contributed by atoms with van der Waals surface area (Å²) in [6.07, 6.45) is 2.25. The molecule has 0 spiro atoms. The number of thioether (sulfide) groups is 1. The van der Waals surface area contributed by atoms with Gasteiger partial charge in [-0.2, -0.15) is 0 Å². The molecule has 1 amide bonds. The van der Waals surface area contributed by atoms with Gasteiger partial charge in [-0.15, -0.1) is 5.10 Å². The lowest BCUT2D eigenvalue weighted by Gasteiger charge is -2.18. The molecule has 8 heteroatoms. The SMILES string of the molecule is CC(Sc1n[nH]c(C2CC2)n1)C(=O)Nc1ccc2c(c1)C(=O)c1ccccc1C2=O. The Kier molecular flexibility index (Phi) is 4.51. The highest BCUT2D eigenvalue weighted by Gasteiger charge is 2.30. The Hall–Kier alpha value is -3.26. The predicted octanol–water partition coefficient (Wildman–Crippen LogP) is 3.58. The van der Waals surface area contributed by atoms with Crippen molar-refractivity contribution in [2.24, 2.45) is 0 Å². The largest absolute Gasteiger partial charge is 0.325 e. The number of amides is 1. The van der Waals surface area contributed by atoms with Crippen LogP contribution in [-0.4, -0.2) is 37.9 Å². The summed E-state index contributed by atoms with van der Waals surface area (Å²) in [5, 5.41) is 10.0. The van der Waals surface area contributed by atoms with Gasteiger partial charge < -0.3 is 5.32 Å². The fourth-order valence-electron chi connectivity index (χ4n) is 3.48. The van der Waals surface area contributed by atoms with E-state index in [9.17, 15) is 14.4 Å². The number of rotatable bonds is 5. The molecule has 2 N–H and O–H groups in total. The van der Waals surface area contributed by atoms with Crippen molar-refractivity contribution >= 4 is 34.9 Å². The third kappa shape index (κ3) is 3.33. The number of carbonyl (C=O) groups excluding carboxylic acids is 3. The van der Waals surface area contributed by atoms with E-state index in [-0.39, 0.29) is 17.5 Å². The van der Waals surface area contributed by atoms with E-state index in [1.807, 2.05) is 0 Å². The molecule has 0 radical (unpaired) electrons. The third-order valence-corrected chi connectivity index (χ3v) is 6.25. The molecule has 0 bridgehead atoms. The van der Waals surface area contributed by atoms with E-state index < -0.39 is 5.25 Å². The lowest BCUT2D eigenvalue weighted by atomic mass is 9.84. The number of anilines is 1. The summed E-state index contributed by atoms with van der Waals surface area (Å²) in [7, 11) is 0. The Balaban J connectivity index is 1.32. The zero-order valence-corrected chi connectivity index (χ0v) is 17.0. The standard InChI is InChI=1S/C22H18N4O3S/c1-11(30-22-24-20(25-26-22)12-6-7-12)21(29)23-13-8-9-16-17(10-13)19(28)15-5-3-2-4-14(15)18(16)27/h2-5,8-12H,6-7H2,1H3,(H,23,29)(H,24,25,26). The number of aromatic amines is 1. The summed E-state index contributed by atoms with van der Waals surface area (Å²) in [5.74, 6) is 0.720. The summed E-state index contributed by atoms with van der Waals surface area (Å²) < 4.78 is 0. The maximum atomic E-state index is 12.8. The molecule has 0 saturated heterocycles. The van der Waals surface area contributed by atoms with Crippen LogP contribution in [0.1, 0.15) is 63.4 Å². The van der Waals surface area contributed by atoms with Crippen LogP contribution in [0.4, 0.5) is 5.69 Å². The van der Waals surface area contributed by atoms with Gasteiger partial charge in [0.15, 0.2) is 11.6 Å². The molecule has 2 aliphatic rings. The van der Waals surface area contributed by atoms with Crippen molar-refractivity contribution in [3.05, 3.63) is 70.5 Å². The molecular weight excluding hydrogens is 400 g/mol. The smallest absolute Gasteiger partial charge is 0.237 e. The minimum Gasteiger partial charge on any atom is -0.325 e. The van der Waals surface area contributed by atoms with Gasteiger partial charge in [-0.05, 0) is 38.0 Å². The van der Waals surface area contributed by atoms with Crippen LogP contribution in [0, 0.1) is 0 Å². The molecule has 7 nitrogen and oxygen atoms in total. The first-order chi connectivity index (χ1) is 14.5. The van der Waals surface area contributed by atoms with Crippen LogP contribution in [0.2, 0.25) is 0 Å². The van der Waals surface area contributed by atoms with E-state index in [1.165, 1.54) is 11.8 Å². The number of ketones is 2. The molecule has 2 aliphatic carbocycles. The van der Waals surface area contributed by atoms with Crippen molar-refractivity contribution < 1.29 is 14.4 Å². The van der Waals surface area contributed by atoms with E-state index in [0.717, 1.165) is 18.7 Å². The highest BCUT2D eigenvalue weighted by atomic mass is 32.2. The van der Waals surface area contributed by atoms with E-state index in [4.69, 9.17) is 0 Å². The second-order valence-corrected chi connectivity index (χ2v) is 8.80. The van der Waals surface area contributed by atoms with Crippen molar-refractivity contribution in [1.82, 2.24) is 15.2 Å². The van der Waals surface area contributed by atoms with E-state index in [2.05, 4.69) is 20.5 Å². The normalized spacial score (nSPS) is 16.0. The van der Waals surface area contributed by atoms with Crippen LogP contribution in [0.15, 0.2) is 47.6 Å². The summed E-state index contributed by atoms with van der Waals surface area (Å²) >= 11 is 1.27. The monoisotopic (exact) mass is 418 g/mol. The van der Waals surface area contributed by atoms with Crippen molar-refractivity contribution in [1.29, 1.82) is 0 Å². The molecule has 1 fully saturated rings. The topological polar surface area (TPSA) is 105 Å². The Morgan fingerprint density at radius 2 is 1.73 bits per heavy atom. The van der Waals surface area contributed by atoms with Gasteiger partial charge in [0, 0.05) is 33.9 Å². The molecule has 150 valence electrons. The third-order valence-electron chi connectivity index (χ3n) is 5.29. The van der Waals surface area contributed by atoms with Crippen LogP contribution in [0.3, 0.4) is 0 Å². The van der Waals surface area contributed by atoms with Crippen LogP contribution in [-0.2, 0) is 4.79 Å². The molecule has 30 heavy (non-hydrogen) atoms. The highest BCUT2D eigenvalue weighted by Crippen LogP contribution is 2.38. The molecule has 1 aromatic heterocycles. The quantitative estimate of drug-likeness (QED) is 0.480. The second kappa shape index (κ2) is 7.21. The van der Waals surface area contributed by atoms with Gasteiger partial charge in [0.05, 0.1) is 5.25 Å². The first kappa shape index (κ1) is 18.7. The summed E-state index contributed by atoms with van der Waals surface area (Å²) in [6, 6.07) is 11.6. The fourth-order valence-corrected chi connectivity index (χ4v) is 4.21. The van der Waals surface area contributed by atoms with Crippen LogP contribution in [0.25, 0.3) is 0 Å². The number of hydrogen-bond acceptors (Lipinski definition) is 6. The van der Waals surface area contributed by atoms with E-state index in [1.54, 1.807) is 49.4 Å². The zero-order valence-electron chi connectivity index (χ0n) is 16.1. The van der Waals surface area contributed by atoms with Crippen molar-refractivity contribution in [3.8, 4) is 0 Å². The van der Waals surface area contributed by atoms with Gasteiger partial charge in [0.2, 0.25) is 11.1 Å². The highest BCUT2D eigenvalue weighted by molar-refractivity contribution is 8.00. The Bertz CT molecular complexity index is 1200. The lowest BCUT2D eigenvalue weighted by Crippen LogP contribution is -2.24. The fraction of sp³-hybridized carbons (Fsp3) is 0.227. The predicted molar refractivity (Wildman–Crippen MR) is 112 cm³/mol. The van der Waals surface area contributed by atoms with E-state index >= 15 is 0 Å². The van der Waals surface area contributed by atoms with Gasteiger partial charge in [-0.25, -0.2) is 4.98 Å². The summed E-state index contributed by atoms with van der Waals surface area (Å²) in [5.41, 5.74) is 1.93. The molecule has 3 aromatic rings. The minimum absolute atomic E-state index is 0.182. The maximum absolute atomic E-state index is 12.8. The Morgan fingerprint density at radius 3 is 2.43 bits per heavy atom. The van der Waals surface area contributed by atoms with Crippen molar-refractivity contribution in [3.63, 3.8) is 0 Å². The average molecular weight is 418 g/mol. The van der Waals surface area contributed by atoms with Gasteiger partial charge >= 0.3 is 0 Å². The zero-order chi connectivity index (χ0) is 20.8. The number of nitrogens with one attached hydrogen (secondary N) is 2. The molecular formula is C22H18N4O3S. The number of nitrogens with zero attached hydrogens (tertiary/aromatic N) is 2. The van der Waals surface area contributed by atoms with Gasteiger partial charge in [-0.3, -0.25) is 19.5 Å². The number of benzene rings is 2. The van der Waals surface area contributed by atoms with Gasteiger partial charge in [0.1, 0.15) is 5.82 Å². The lowest BCUT2D eigenvalue weighted by molar-refractivity contribution is -0.115. The summed E-state index contributed by atoms with van der Waals surface area (Å²) in [6.45, 7) is 1.77. The molecule has 1 heterocycles. The number of aromatic nitrogens is 3. The molecule has 1 saturated carbocycles. The molecule has 0 aliphatic heterocycles. The molecule has 5 rings (SSSR count). The average Bonchev–Trinajstić information content (AvgIpc) is 3.51. The molecule has 1 atom stereocenters. The maximum Gasteiger partial charge on any atom is 0.237 e. The Morgan fingerprint density at radius 1 is 1.07 bits per heavy atom. The minimum atomic E-state index is -0.429. The first-order valence-electron chi connectivity index (χ1n) is 9.73. The first-order valence-corrected chi connectivity index (χ1v) is 10.6. The van der Waals surface area contributed by atoms with Crippen LogP contribution in [0.5, 0.6) is 0 Å². The second-order valence-electron chi connectivity index (χ2n) is 7.49. The number of fused-ring (bicyclic) bond motifs is 2. The number of H-pyrrole nitrogens is 1.